The van der Waals surface area contributed by atoms with E-state index in [9.17, 15) is 0 Å². The van der Waals surface area contributed by atoms with Gasteiger partial charge in [-0.25, -0.2) is 0 Å². The van der Waals surface area contributed by atoms with Crippen LogP contribution >= 0.6 is 11.8 Å². The maximum atomic E-state index is 8.64. The van der Waals surface area contributed by atoms with E-state index in [1.165, 1.54) is 29.9 Å². The number of thioether (sulfide) groups is 1. The number of nitrogens with zero attached hydrogens (tertiary/aromatic N) is 1. The lowest BCUT2D eigenvalue weighted by Gasteiger charge is -2.08. The Balaban J connectivity index is 2.37. The third-order valence-electron chi connectivity index (χ3n) is 2.34. The van der Waals surface area contributed by atoms with Crippen molar-refractivity contribution in [2.24, 2.45) is 0 Å². The molecule has 0 saturated heterocycles. The molecular weight excluding hydrogens is 230 g/mol. The average Bonchev–Trinajstić information content (AvgIpc) is 2.36. The number of benzene rings is 1. The first kappa shape index (κ1) is 13.9. The van der Waals surface area contributed by atoms with Gasteiger partial charge in [-0.05, 0) is 43.4 Å². The zero-order valence-electron chi connectivity index (χ0n) is 10.5. The highest BCUT2D eigenvalue weighted by atomic mass is 32.2. The maximum absolute atomic E-state index is 8.64. The van der Waals surface area contributed by atoms with Gasteiger partial charge in [0.15, 0.2) is 6.10 Å². The second-order valence-electron chi connectivity index (χ2n) is 3.92. The molecule has 17 heavy (non-hydrogen) atoms. The summed E-state index contributed by atoms with van der Waals surface area (Å²) in [6, 6.07) is 10.0. The first-order chi connectivity index (χ1) is 8.26. The van der Waals surface area contributed by atoms with Gasteiger partial charge in [0.25, 0.3) is 0 Å². The zero-order chi connectivity index (χ0) is 12.5. The van der Waals surface area contributed by atoms with Gasteiger partial charge in [-0.1, -0.05) is 19.8 Å². The maximum Gasteiger partial charge on any atom is 0.181 e. The van der Waals surface area contributed by atoms with Crippen LogP contribution in [0.15, 0.2) is 29.2 Å². The van der Waals surface area contributed by atoms with Crippen molar-refractivity contribution in [3.63, 3.8) is 0 Å². The van der Waals surface area contributed by atoms with Gasteiger partial charge in [0.05, 0.1) is 0 Å². The molecule has 0 fully saturated rings. The van der Waals surface area contributed by atoms with E-state index in [1.54, 1.807) is 6.92 Å². The van der Waals surface area contributed by atoms with Crippen LogP contribution in [0.25, 0.3) is 0 Å². The number of ether oxygens (including phenoxy) is 1. The fraction of sp³-hybridized carbons (Fsp3) is 0.500. The summed E-state index contributed by atoms with van der Waals surface area (Å²) in [5.41, 5.74) is 0. The van der Waals surface area contributed by atoms with Crippen molar-refractivity contribution in [3.8, 4) is 11.8 Å². The van der Waals surface area contributed by atoms with E-state index in [4.69, 9.17) is 10.00 Å². The average molecular weight is 249 g/mol. The van der Waals surface area contributed by atoms with E-state index < -0.39 is 6.10 Å². The molecule has 0 radical (unpaired) electrons. The summed E-state index contributed by atoms with van der Waals surface area (Å²) in [4.78, 5) is 1.26. The van der Waals surface area contributed by atoms with Crippen LogP contribution in [-0.2, 0) is 0 Å². The molecule has 0 aliphatic heterocycles. The van der Waals surface area contributed by atoms with Crippen LogP contribution in [0.3, 0.4) is 0 Å². The van der Waals surface area contributed by atoms with Crippen molar-refractivity contribution >= 4 is 11.8 Å². The van der Waals surface area contributed by atoms with Gasteiger partial charge in [0, 0.05) is 4.90 Å². The lowest BCUT2D eigenvalue weighted by molar-refractivity contribution is 0.276. The van der Waals surface area contributed by atoms with Crippen LogP contribution in [0, 0.1) is 11.3 Å². The molecule has 1 aromatic rings. The third kappa shape index (κ3) is 5.65. The molecule has 92 valence electrons. The molecule has 0 N–H and O–H groups in total. The molecule has 0 saturated carbocycles. The molecule has 0 bridgehead atoms. The summed E-state index contributed by atoms with van der Waals surface area (Å²) in [5.74, 6) is 1.93. The van der Waals surface area contributed by atoms with Crippen molar-refractivity contribution < 1.29 is 4.74 Å². The quantitative estimate of drug-likeness (QED) is 0.534. The minimum atomic E-state index is -0.391. The molecule has 0 aliphatic rings. The minimum absolute atomic E-state index is 0.391. The van der Waals surface area contributed by atoms with Crippen molar-refractivity contribution in [3.05, 3.63) is 24.3 Å². The topological polar surface area (TPSA) is 33.0 Å². The van der Waals surface area contributed by atoms with Crippen molar-refractivity contribution in [1.82, 2.24) is 0 Å². The predicted molar refractivity (Wildman–Crippen MR) is 72.4 cm³/mol. The minimum Gasteiger partial charge on any atom is -0.476 e. The number of unbranched alkanes of at least 4 members (excludes halogenated alkanes) is 2. The second kappa shape index (κ2) is 8.03. The SMILES string of the molecule is CCCCCSc1ccc(O[C@H](C)C#N)cc1. The normalized spacial score (nSPS) is 11.8. The van der Waals surface area contributed by atoms with E-state index in [2.05, 4.69) is 19.1 Å². The Kier molecular flexibility index (Phi) is 6.57. The number of rotatable bonds is 7. The highest BCUT2D eigenvalue weighted by Crippen LogP contribution is 2.23. The fourth-order valence-electron chi connectivity index (χ4n) is 1.39. The van der Waals surface area contributed by atoms with Crippen molar-refractivity contribution in [2.45, 2.75) is 44.1 Å². The Labute approximate surface area is 108 Å². The van der Waals surface area contributed by atoms with E-state index >= 15 is 0 Å². The molecular formula is C14H19NOS. The first-order valence-corrected chi connectivity index (χ1v) is 7.04. The van der Waals surface area contributed by atoms with Crippen LogP contribution in [-0.4, -0.2) is 11.9 Å². The first-order valence-electron chi connectivity index (χ1n) is 6.05. The monoisotopic (exact) mass is 249 g/mol. The van der Waals surface area contributed by atoms with Crippen LogP contribution in [0.1, 0.15) is 33.1 Å². The molecule has 0 unspecified atom stereocenters. The molecule has 0 amide bonds. The molecule has 2 nitrogen and oxygen atoms in total. The summed E-state index contributed by atoms with van der Waals surface area (Å²) >= 11 is 1.87. The van der Waals surface area contributed by atoms with Gasteiger partial charge in [0.1, 0.15) is 11.8 Å². The van der Waals surface area contributed by atoms with Crippen LogP contribution in [0.2, 0.25) is 0 Å². The second-order valence-corrected chi connectivity index (χ2v) is 5.08. The Bertz CT molecular complexity index is 355. The highest BCUT2D eigenvalue weighted by molar-refractivity contribution is 7.99. The summed E-state index contributed by atoms with van der Waals surface area (Å²) in [6.45, 7) is 3.96. The van der Waals surface area contributed by atoms with Gasteiger partial charge in [-0.2, -0.15) is 5.26 Å². The Morgan fingerprint density at radius 3 is 2.59 bits per heavy atom. The molecule has 1 rings (SSSR count). The fourth-order valence-corrected chi connectivity index (χ4v) is 2.30. The summed E-state index contributed by atoms with van der Waals surface area (Å²) < 4.78 is 5.39. The summed E-state index contributed by atoms with van der Waals surface area (Å²) in [6.07, 6.45) is 3.44. The Morgan fingerprint density at radius 1 is 1.29 bits per heavy atom. The van der Waals surface area contributed by atoms with Gasteiger partial charge in [0.2, 0.25) is 0 Å². The van der Waals surface area contributed by atoms with Gasteiger partial charge in [-0.3, -0.25) is 0 Å². The van der Waals surface area contributed by atoms with Crippen molar-refractivity contribution in [2.75, 3.05) is 5.75 Å². The van der Waals surface area contributed by atoms with Gasteiger partial charge < -0.3 is 4.74 Å². The third-order valence-corrected chi connectivity index (χ3v) is 3.43. The summed E-state index contributed by atoms with van der Waals surface area (Å²) in [5, 5.41) is 8.64. The molecule has 3 heteroatoms. The highest BCUT2D eigenvalue weighted by Gasteiger charge is 2.01. The van der Waals surface area contributed by atoms with Crippen molar-refractivity contribution in [1.29, 1.82) is 5.26 Å². The Hall–Kier alpha value is -1.14. The summed E-state index contributed by atoms with van der Waals surface area (Å²) in [7, 11) is 0. The number of hydrogen-bond donors (Lipinski definition) is 0. The molecule has 0 heterocycles. The lowest BCUT2D eigenvalue weighted by atomic mass is 10.3. The number of nitriles is 1. The Morgan fingerprint density at radius 2 is 2.00 bits per heavy atom. The molecule has 1 atom stereocenters. The zero-order valence-corrected chi connectivity index (χ0v) is 11.3. The van der Waals surface area contributed by atoms with Crippen LogP contribution in [0.4, 0.5) is 0 Å². The van der Waals surface area contributed by atoms with Crippen LogP contribution < -0.4 is 4.74 Å². The predicted octanol–water partition coefficient (Wildman–Crippen LogP) is 4.26. The van der Waals surface area contributed by atoms with E-state index in [1.807, 2.05) is 30.0 Å². The lowest BCUT2D eigenvalue weighted by Crippen LogP contribution is -2.07. The van der Waals surface area contributed by atoms with Crippen LogP contribution in [0.5, 0.6) is 5.75 Å². The van der Waals surface area contributed by atoms with Gasteiger partial charge in [-0.15, -0.1) is 11.8 Å². The molecule has 0 aromatic heterocycles. The molecule has 1 aromatic carbocycles. The molecule has 0 aliphatic carbocycles. The van der Waals surface area contributed by atoms with E-state index in [0.29, 0.717) is 0 Å². The van der Waals surface area contributed by atoms with E-state index in [-0.39, 0.29) is 0 Å². The van der Waals surface area contributed by atoms with Gasteiger partial charge >= 0.3 is 0 Å². The standard InChI is InChI=1S/C14H19NOS/c1-3-4-5-10-17-14-8-6-13(7-9-14)16-12(2)11-15/h6-9,12H,3-5,10H2,1-2H3/t12-/m1/s1. The smallest absolute Gasteiger partial charge is 0.181 e. The largest absolute Gasteiger partial charge is 0.476 e. The van der Waals surface area contributed by atoms with E-state index in [0.717, 1.165) is 5.75 Å². The number of hydrogen-bond acceptors (Lipinski definition) is 3. The molecule has 0 spiro atoms.